The Morgan fingerprint density at radius 3 is 2.37 bits per heavy atom. The van der Waals surface area contributed by atoms with Gasteiger partial charge in [0.15, 0.2) is 16.4 Å². The lowest BCUT2D eigenvalue weighted by atomic mass is 10.2. The number of ether oxygens (including phenoxy) is 1. The second-order valence-corrected chi connectivity index (χ2v) is 8.29. The molecule has 0 saturated carbocycles. The van der Waals surface area contributed by atoms with Crippen molar-refractivity contribution in [2.24, 2.45) is 0 Å². The minimum Gasteiger partial charge on any atom is -0.484 e. The first-order valence-electron chi connectivity index (χ1n) is 7.28. The van der Waals surface area contributed by atoms with Gasteiger partial charge in [-0.2, -0.15) is 13.2 Å². The van der Waals surface area contributed by atoms with Gasteiger partial charge < -0.3 is 14.9 Å². The van der Waals surface area contributed by atoms with Crippen molar-refractivity contribution in [1.29, 1.82) is 0 Å². The van der Waals surface area contributed by atoms with Gasteiger partial charge in [-0.1, -0.05) is 11.6 Å². The van der Waals surface area contributed by atoms with Gasteiger partial charge in [-0.15, -0.1) is 0 Å². The van der Waals surface area contributed by atoms with E-state index in [1.807, 2.05) is 0 Å². The third kappa shape index (κ3) is 4.75. The number of benzene rings is 1. The van der Waals surface area contributed by atoms with Crippen LogP contribution in [-0.4, -0.2) is 66.2 Å². The number of rotatable bonds is 5. The van der Waals surface area contributed by atoms with E-state index >= 15 is 0 Å². The average molecular weight is 432 g/mol. The first kappa shape index (κ1) is 21.1. The van der Waals surface area contributed by atoms with Crippen LogP contribution < -0.4 is 4.74 Å². The minimum absolute atomic E-state index is 0.307. The highest BCUT2D eigenvalue weighted by molar-refractivity contribution is 7.92. The topological polar surface area (TPSA) is 121 Å². The number of amides is 1. The molecule has 1 aromatic rings. The quantitative estimate of drug-likeness (QED) is 0.733. The van der Waals surface area contributed by atoms with E-state index in [2.05, 4.69) is 4.74 Å². The average Bonchev–Trinajstić information content (AvgIpc) is 2.98. The molecule has 8 nitrogen and oxygen atoms in total. The molecule has 2 N–H and O–H groups in total. The molecule has 1 amide bonds. The Balaban J connectivity index is 2.26. The zero-order valence-corrected chi connectivity index (χ0v) is 14.9. The predicted octanol–water partition coefficient (Wildman–Crippen LogP) is 2.26. The van der Waals surface area contributed by atoms with Gasteiger partial charge in [-0.25, -0.2) is 18.0 Å². The maximum atomic E-state index is 12.7. The fraction of sp³-hybridized carbons (Fsp3) is 0.429. The molecule has 1 aromatic carbocycles. The third-order valence-corrected chi connectivity index (χ3v) is 6.46. The highest BCUT2D eigenvalue weighted by atomic mass is 35.5. The molecule has 0 bridgehead atoms. The Morgan fingerprint density at radius 2 is 1.93 bits per heavy atom. The Bertz CT molecular complexity index is 837. The van der Waals surface area contributed by atoms with Crippen molar-refractivity contribution in [2.45, 2.75) is 28.8 Å². The van der Waals surface area contributed by atoms with E-state index in [1.165, 1.54) is 0 Å². The summed E-state index contributed by atoms with van der Waals surface area (Å²) in [6, 6.07) is 1.26. The SMILES string of the molecule is O=C(O)[C@@H]1C[C@@H](S(=O)(=O)c2ccc(OCC(F)(F)F)cc2Cl)CN1C(=O)O. The van der Waals surface area contributed by atoms with Crippen LogP contribution >= 0.6 is 11.6 Å². The fourth-order valence-corrected chi connectivity index (χ4v) is 4.85. The monoisotopic (exact) mass is 431 g/mol. The van der Waals surface area contributed by atoms with E-state index < -0.39 is 68.9 Å². The maximum Gasteiger partial charge on any atom is 0.422 e. The largest absolute Gasteiger partial charge is 0.484 e. The number of halogens is 4. The number of carboxylic acids is 1. The molecule has 2 atom stereocenters. The molecular formula is C14H13ClF3NO7S. The summed E-state index contributed by atoms with van der Waals surface area (Å²) in [6.07, 6.45) is -6.65. The molecule has 13 heteroatoms. The second kappa shape index (κ2) is 7.43. The maximum absolute atomic E-state index is 12.7. The number of likely N-dealkylation sites (tertiary alicyclic amines) is 1. The van der Waals surface area contributed by atoms with Crippen molar-refractivity contribution < 1.29 is 46.1 Å². The van der Waals surface area contributed by atoms with Crippen LogP contribution in [-0.2, 0) is 14.6 Å². The summed E-state index contributed by atoms with van der Waals surface area (Å²) in [5.41, 5.74) is 0. The van der Waals surface area contributed by atoms with Crippen LogP contribution in [0.25, 0.3) is 0 Å². The van der Waals surface area contributed by atoms with Gasteiger partial charge in [0.1, 0.15) is 11.8 Å². The smallest absolute Gasteiger partial charge is 0.422 e. The number of alkyl halides is 3. The van der Waals surface area contributed by atoms with Gasteiger partial charge in [-0.3, -0.25) is 4.90 Å². The first-order chi connectivity index (χ1) is 12.3. The van der Waals surface area contributed by atoms with Gasteiger partial charge in [0.25, 0.3) is 0 Å². The molecule has 0 radical (unpaired) electrons. The summed E-state index contributed by atoms with van der Waals surface area (Å²) in [5.74, 6) is -1.80. The molecule has 1 fully saturated rings. The van der Waals surface area contributed by atoms with Crippen molar-refractivity contribution in [3.8, 4) is 5.75 Å². The van der Waals surface area contributed by atoms with Gasteiger partial charge in [0, 0.05) is 12.6 Å². The number of aliphatic carboxylic acids is 1. The van der Waals surface area contributed by atoms with Crippen molar-refractivity contribution in [2.75, 3.05) is 13.2 Å². The van der Waals surface area contributed by atoms with Gasteiger partial charge >= 0.3 is 18.2 Å². The number of carbonyl (C=O) groups is 2. The number of carboxylic acid groups (broad SMARTS) is 2. The molecule has 27 heavy (non-hydrogen) atoms. The highest BCUT2D eigenvalue weighted by Crippen LogP contribution is 2.34. The molecular weight excluding hydrogens is 419 g/mol. The zero-order chi connectivity index (χ0) is 20.6. The Morgan fingerprint density at radius 1 is 1.30 bits per heavy atom. The molecule has 1 aliphatic rings. The summed E-state index contributed by atoms with van der Waals surface area (Å²) in [7, 11) is -4.24. The lowest BCUT2D eigenvalue weighted by Gasteiger charge is -2.17. The lowest BCUT2D eigenvalue weighted by molar-refractivity contribution is -0.153. The highest BCUT2D eigenvalue weighted by Gasteiger charge is 2.46. The number of sulfone groups is 1. The normalized spacial score (nSPS) is 20.5. The number of hydrogen-bond acceptors (Lipinski definition) is 5. The zero-order valence-electron chi connectivity index (χ0n) is 13.3. The summed E-state index contributed by atoms with van der Waals surface area (Å²) < 4.78 is 66.4. The standard InChI is InChI=1S/C14H13ClF3NO7S/c15-9-3-7(26-6-14(16,17)18)1-2-11(9)27(24,25)8-4-10(12(20)21)19(5-8)13(22)23/h1-3,8,10H,4-6H2,(H,20,21)(H,22,23)/t8-,10+/m1/s1. The van der Waals surface area contributed by atoms with Crippen molar-refractivity contribution in [1.82, 2.24) is 4.90 Å². The Labute approximate surface area is 156 Å². The van der Waals surface area contributed by atoms with E-state index in [-0.39, 0.29) is 5.75 Å². The summed E-state index contributed by atoms with van der Waals surface area (Å²) in [6.45, 7) is -2.16. The lowest BCUT2D eigenvalue weighted by Crippen LogP contribution is -2.39. The van der Waals surface area contributed by atoms with Crippen molar-refractivity contribution in [3.05, 3.63) is 23.2 Å². The van der Waals surface area contributed by atoms with Crippen LogP contribution in [0.2, 0.25) is 5.02 Å². The van der Waals surface area contributed by atoms with Crippen LogP contribution in [0.15, 0.2) is 23.1 Å². The van der Waals surface area contributed by atoms with E-state index in [0.29, 0.717) is 4.90 Å². The van der Waals surface area contributed by atoms with Crippen LogP contribution in [0, 0.1) is 0 Å². The van der Waals surface area contributed by atoms with Gasteiger partial charge in [0.05, 0.1) is 15.2 Å². The van der Waals surface area contributed by atoms with Crippen LogP contribution in [0.1, 0.15) is 6.42 Å². The molecule has 0 aliphatic carbocycles. The molecule has 1 heterocycles. The van der Waals surface area contributed by atoms with E-state index in [0.717, 1.165) is 18.2 Å². The third-order valence-electron chi connectivity index (χ3n) is 3.84. The summed E-state index contributed by atoms with van der Waals surface area (Å²) in [4.78, 5) is 22.3. The molecule has 2 rings (SSSR count). The Hall–Kier alpha value is -2.21. The molecule has 0 aromatic heterocycles. The summed E-state index contributed by atoms with van der Waals surface area (Å²) >= 11 is 5.85. The van der Waals surface area contributed by atoms with Crippen LogP contribution in [0.5, 0.6) is 5.75 Å². The second-order valence-electron chi connectivity index (χ2n) is 5.69. The van der Waals surface area contributed by atoms with Crippen molar-refractivity contribution in [3.63, 3.8) is 0 Å². The minimum atomic E-state index is -4.59. The Kier molecular flexibility index (Phi) is 5.80. The number of hydrogen-bond donors (Lipinski definition) is 2. The first-order valence-corrected chi connectivity index (χ1v) is 9.20. The molecule has 1 aliphatic heterocycles. The predicted molar refractivity (Wildman–Crippen MR) is 84.7 cm³/mol. The van der Waals surface area contributed by atoms with Gasteiger partial charge in [-0.05, 0) is 18.6 Å². The number of nitrogens with zero attached hydrogens (tertiary/aromatic N) is 1. The molecule has 1 saturated heterocycles. The van der Waals surface area contributed by atoms with Gasteiger partial charge in [0.2, 0.25) is 0 Å². The van der Waals surface area contributed by atoms with E-state index in [9.17, 15) is 31.2 Å². The molecule has 150 valence electrons. The summed E-state index contributed by atoms with van der Waals surface area (Å²) in [5, 5.41) is 16.3. The van der Waals surface area contributed by atoms with Crippen molar-refractivity contribution >= 4 is 33.5 Å². The van der Waals surface area contributed by atoms with Crippen LogP contribution in [0.4, 0.5) is 18.0 Å². The van der Waals surface area contributed by atoms with E-state index in [1.54, 1.807) is 0 Å². The van der Waals surface area contributed by atoms with Crippen LogP contribution in [0.3, 0.4) is 0 Å². The van der Waals surface area contributed by atoms with E-state index in [4.69, 9.17) is 21.8 Å². The molecule has 0 unspecified atom stereocenters. The fourth-order valence-electron chi connectivity index (χ4n) is 2.61. The molecule has 0 spiro atoms.